The van der Waals surface area contributed by atoms with E-state index in [2.05, 4.69) is 25.9 Å². The Morgan fingerprint density at radius 2 is 1.46 bits per heavy atom. The number of amides is 6. The summed E-state index contributed by atoms with van der Waals surface area (Å²) in [5.74, 6) is -3.61. The Hall–Kier alpha value is -5.52. The average Bonchev–Trinajstić information content (AvgIpc) is 3.03. The molecular formula is C34H26KN7O8. The summed E-state index contributed by atoms with van der Waals surface area (Å²) >= 11 is 0. The molecule has 1 aliphatic heterocycles. The Kier molecular flexibility index (Phi) is 12.1. The van der Waals surface area contributed by atoms with Crippen LogP contribution in [0.4, 0.5) is 21.9 Å². The standard InChI is InChI=1S/C34H27N7O8.K/c1-19(42)36-23-5-3-7-25(17-23)40-31(46)27(29(44)38-33(40)48)11-9-21(22-13-15-35-16-14-22)10-12-28-30(45)39-34(49)41(32(28)47)26-8-4-6-24(18-26)37-20(2)43;/h3-18,46H,1-2H3,(H,36,42)(H,37,43)(H,38,44,48)(H,39,45,49);/q;+1/p-1. The van der Waals surface area contributed by atoms with Crippen molar-refractivity contribution in [3.05, 3.63) is 129 Å². The number of carbonyl (C=O) groups is 5. The van der Waals surface area contributed by atoms with Gasteiger partial charge in [-0.25, -0.2) is 14.5 Å². The number of allylic oxidation sites excluding steroid dienone is 4. The predicted octanol–water partition coefficient (Wildman–Crippen LogP) is -0.779. The molecule has 2 aromatic carbocycles. The molecule has 1 fully saturated rings. The molecule has 2 aromatic heterocycles. The summed E-state index contributed by atoms with van der Waals surface area (Å²) in [5, 5.41) is 20.7. The predicted molar refractivity (Wildman–Crippen MR) is 178 cm³/mol. The minimum atomic E-state index is -0.995. The third-order valence-electron chi connectivity index (χ3n) is 6.93. The van der Waals surface area contributed by atoms with Crippen molar-refractivity contribution in [2.75, 3.05) is 15.5 Å². The van der Waals surface area contributed by atoms with E-state index in [1.807, 2.05) is 0 Å². The number of benzene rings is 2. The number of hydrogen-bond donors (Lipinski definition) is 4. The van der Waals surface area contributed by atoms with Gasteiger partial charge in [-0.2, -0.15) is 0 Å². The number of carbonyl (C=O) groups excluding carboxylic acids is 5. The molecule has 0 bridgehead atoms. The summed E-state index contributed by atoms with van der Waals surface area (Å²) in [4.78, 5) is 94.4. The molecule has 3 heterocycles. The molecular weight excluding hydrogens is 674 g/mol. The maximum Gasteiger partial charge on any atom is 1.00 e. The van der Waals surface area contributed by atoms with Crippen molar-refractivity contribution in [2.45, 2.75) is 13.8 Å². The number of urea groups is 1. The maximum atomic E-state index is 13.5. The molecule has 50 heavy (non-hydrogen) atoms. The van der Waals surface area contributed by atoms with Crippen LogP contribution < -0.4 is 88.6 Å². The van der Waals surface area contributed by atoms with Gasteiger partial charge in [0.15, 0.2) is 0 Å². The van der Waals surface area contributed by atoms with Gasteiger partial charge in [0.1, 0.15) is 5.57 Å². The number of hydrogen-bond acceptors (Lipinski definition) is 9. The van der Waals surface area contributed by atoms with Gasteiger partial charge in [-0.3, -0.25) is 43.8 Å². The fourth-order valence-electron chi connectivity index (χ4n) is 4.81. The zero-order chi connectivity index (χ0) is 35.2. The zero-order valence-electron chi connectivity index (χ0n) is 26.8. The van der Waals surface area contributed by atoms with Crippen LogP contribution in [0.5, 0.6) is 5.88 Å². The Bertz CT molecular complexity index is 2240. The van der Waals surface area contributed by atoms with E-state index >= 15 is 0 Å². The normalized spacial score (nSPS) is 14.0. The van der Waals surface area contributed by atoms with E-state index in [4.69, 9.17) is 0 Å². The Morgan fingerprint density at radius 3 is 2.08 bits per heavy atom. The van der Waals surface area contributed by atoms with Crippen LogP contribution in [-0.2, 0) is 19.2 Å². The molecule has 4 N–H and O–H groups in total. The van der Waals surface area contributed by atoms with Crippen LogP contribution in [0.3, 0.4) is 0 Å². The summed E-state index contributed by atoms with van der Waals surface area (Å²) in [6.07, 6.45) is 8.02. The number of H-pyrrole nitrogens is 1. The van der Waals surface area contributed by atoms with Gasteiger partial charge >= 0.3 is 63.1 Å². The molecule has 1 saturated heterocycles. The quantitative estimate of drug-likeness (QED) is 0.0785. The largest absolute Gasteiger partial charge is 1.00 e. The third-order valence-corrected chi connectivity index (χ3v) is 6.93. The molecule has 0 spiro atoms. The molecule has 5 rings (SSSR count). The number of anilines is 3. The van der Waals surface area contributed by atoms with Gasteiger partial charge in [0, 0.05) is 43.2 Å². The van der Waals surface area contributed by atoms with Crippen molar-refractivity contribution in [3.63, 3.8) is 0 Å². The number of aromatic nitrogens is 3. The fraction of sp³-hybridized carbons (Fsp3) is 0.0588. The molecule has 0 aliphatic carbocycles. The molecule has 6 amide bonds. The van der Waals surface area contributed by atoms with Crippen molar-refractivity contribution < 1.29 is 80.5 Å². The number of rotatable bonds is 8. The first kappa shape index (κ1) is 37.3. The SMILES string of the molecule is CC(=O)Nc1cccc(N2C(=O)NC(=O)C(=CC=C(C=Cc3c([O-])n(-c4cccc(NC(C)=O)c4)c(=O)[nH]c3=O)c3ccncc3)C2=O)c1.[K+]. The van der Waals surface area contributed by atoms with E-state index in [9.17, 15) is 38.7 Å². The third kappa shape index (κ3) is 8.54. The molecule has 1 aliphatic rings. The van der Waals surface area contributed by atoms with Crippen LogP contribution in [-0.4, -0.2) is 44.2 Å². The second-order valence-corrected chi connectivity index (χ2v) is 10.4. The number of nitrogens with one attached hydrogen (secondary N) is 4. The number of barbiturate groups is 1. The molecule has 15 nitrogen and oxygen atoms in total. The topological polar surface area (TPSA) is 215 Å². The van der Waals surface area contributed by atoms with Crippen LogP contribution in [0.1, 0.15) is 25.0 Å². The summed E-state index contributed by atoms with van der Waals surface area (Å²) in [6, 6.07) is 14.0. The maximum absolute atomic E-state index is 13.5. The van der Waals surface area contributed by atoms with Gasteiger partial charge in [-0.1, -0.05) is 24.3 Å². The molecule has 246 valence electrons. The first-order valence-corrected chi connectivity index (χ1v) is 14.4. The molecule has 0 atom stereocenters. The zero-order valence-corrected chi connectivity index (χ0v) is 30.0. The number of imide groups is 2. The van der Waals surface area contributed by atoms with Crippen LogP contribution in [0, 0.1) is 0 Å². The first-order chi connectivity index (χ1) is 23.4. The van der Waals surface area contributed by atoms with E-state index in [1.165, 1.54) is 86.9 Å². The Balaban J connectivity index is 0.00000562. The van der Waals surface area contributed by atoms with E-state index in [0.29, 0.717) is 22.5 Å². The van der Waals surface area contributed by atoms with E-state index in [1.54, 1.807) is 24.3 Å². The van der Waals surface area contributed by atoms with Crippen LogP contribution in [0.25, 0.3) is 17.3 Å². The van der Waals surface area contributed by atoms with Gasteiger partial charge in [0.05, 0.1) is 11.4 Å². The van der Waals surface area contributed by atoms with Crippen LogP contribution in [0.15, 0.2) is 106 Å². The molecule has 16 heteroatoms. The fourth-order valence-corrected chi connectivity index (χ4v) is 4.81. The van der Waals surface area contributed by atoms with Gasteiger partial charge in [-0.15, -0.1) is 0 Å². The van der Waals surface area contributed by atoms with E-state index < -0.39 is 46.1 Å². The van der Waals surface area contributed by atoms with E-state index in [-0.39, 0.29) is 74.6 Å². The average molecular weight is 700 g/mol. The van der Waals surface area contributed by atoms with Gasteiger partial charge in [0.2, 0.25) is 11.8 Å². The Morgan fingerprint density at radius 1 is 0.860 bits per heavy atom. The van der Waals surface area contributed by atoms with Gasteiger partial charge < -0.3 is 15.7 Å². The second-order valence-electron chi connectivity index (χ2n) is 10.4. The summed E-state index contributed by atoms with van der Waals surface area (Å²) in [7, 11) is 0. The summed E-state index contributed by atoms with van der Waals surface area (Å²) in [5.41, 5.74) is -1.18. The molecule has 0 saturated carbocycles. The number of aromatic amines is 1. The molecule has 0 radical (unpaired) electrons. The smallest absolute Gasteiger partial charge is 0.859 e. The van der Waals surface area contributed by atoms with Crippen molar-refractivity contribution in [3.8, 4) is 11.6 Å². The molecule has 0 unspecified atom stereocenters. The van der Waals surface area contributed by atoms with Crippen molar-refractivity contribution in [2.24, 2.45) is 0 Å². The minimum Gasteiger partial charge on any atom is -0.859 e. The molecule has 4 aromatic rings. The van der Waals surface area contributed by atoms with Crippen molar-refractivity contribution in [1.82, 2.24) is 19.9 Å². The van der Waals surface area contributed by atoms with Gasteiger partial charge in [-0.05, 0) is 77.7 Å². The van der Waals surface area contributed by atoms with Crippen LogP contribution >= 0.6 is 0 Å². The monoisotopic (exact) mass is 699 g/mol. The summed E-state index contributed by atoms with van der Waals surface area (Å²) < 4.78 is 0.738. The van der Waals surface area contributed by atoms with Gasteiger partial charge in [0.25, 0.3) is 17.4 Å². The Labute approximate surface area is 325 Å². The number of pyridine rings is 1. The van der Waals surface area contributed by atoms with Crippen molar-refractivity contribution >= 4 is 58.4 Å². The summed E-state index contributed by atoms with van der Waals surface area (Å²) in [6.45, 7) is 2.59. The first-order valence-electron chi connectivity index (χ1n) is 14.4. The van der Waals surface area contributed by atoms with Crippen LogP contribution in [0.2, 0.25) is 0 Å². The van der Waals surface area contributed by atoms with E-state index in [0.717, 1.165) is 9.47 Å². The number of nitrogens with zero attached hydrogens (tertiary/aromatic N) is 3. The minimum absolute atomic E-state index is 0. The second kappa shape index (κ2) is 16.3. The van der Waals surface area contributed by atoms with Crippen molar-refractivity contribution in [1.29, 1.82) is 0 Å².